The van der Waals surface area contributed by atoms with Gasteiger partial charge in [0.25, 0.3) is 0 Å². The zero-order valence-electron chi connectivity index (χ0n) is 8.98. The van der Waals surface area contributed by atoms with Crippen LogP contribution >= 0.6 is 46.4 Å². The normalized spacial score (nSPS) is 10.4. The van der Waals surface area contributed by atoms with Crippen LogP contribution in [0, 0.1) is 0 Å². The third-order valence-electron chi connectivity index (χ3n) is 2.25. The fraction of sp³-hybridized carbons (Fsp3) is 0. The molecule has 6 heteroatoms. The van der Waals surface area contributed by atoms with Gasteiger partial charge in [-0.3, -0.25) is 0 Å². The molecule has 0 atom stereocenters. The highest BCUT2D eigenvalue weighted by Gasteiger charge is 2.08. The molecule has 0 spiro atoms. The van der Waals surface area contributed by atoms with Crippen molar-refractivity contribution in [3.63, 3.8) is 0 Å². The fourth-order valence-electron chi connectivity index (χ4n) is 1.43. The minimum Gasteiger partial charge on any atom is -0.399 e. The van der Waals surface area contributed by atoms with Crippen molar-refractivity contribution in [3.05, 3.63) is 50.4 Å². The van der Waals surface area contributed by atoms with Crippen molar-refractivity contribution >= 4 is 63.5 Å². The number of nitrogens with one attached hydrogen (secondary N) is 1. The molecule has 0 saturated carbocycles. The first-order chi connectivity index (χ1) is 8.47. The van der Waals surface area contributed by atoms with Gasteiger partial charge in [0.1, 0.15) is 0 Å². The predicted octanol–water partition coefficient (Wildman–Crippen LogP) is 5.63. The van der Waals surface area contributed by atoms with Crippen LogP contribution in [0.5, 0.6) is 0 Å². The van der Waals surface area contributed by atoms with E-state index in [-0.39, 0.29) is 0 Å². The van der Waals surface area contributed by atoms with Crippen LogP contribution in [-0.4, -0.2) is 0 Å². The summed E-state index contributed by atoms with van der Waals surface area (Å²) in [5.41, 5.74) is 7.44. The number of nitrogen functional groups attached to an aromatic ring is 1. The minimum absolute atomic E-state index is 0.436. The quantitative estimate of drug-likeness (QED) is 0.704. The summed E-state index contributed by atoms with van der Waals surface area (Å²) in [5.74, 6) is 0. The van der Waals surface area contributed by atoms with E-state index in [4.69, 9.17) is 52.1 Å². The molecule has 18 heavy (non-hydrogen) atoms. The number of rotatable bonds is 2. The van der Waals surface area contributed by atoms with Crippen molar-refractivity contribution in [2.24, 2.45) is 0 Å². The zero-order chi connectivity index (χ0) is 13.3. The van der Waals surface area contributed by atoms with Crippen molar-refractivity contribution in [1.82, 2.24) is 0 Å². The molecule has 0 saturated heterocycles. The van der Waals surface area contributed by atoms with Crippen molar-refractivity contribution in [2.75, 3.05) is 11.1 Å². The Labute approximate surface area is 125 Å². The van der Waals surface area contributed by atoms with E-state index in [1.165, 1.54) is 0 Å². The van der Waals surface area contributed by atoms with Gasteiger partial charge in [0.05, 0.1) is 25.8 Å². The number of hydrogen-bond donors (Lipinski definition) is 2. The van der Waals surface area contributed by atoms with E-state index >= 15 is 0 Å². The molecule has 0 aliphatic carbocycles. The molecular weight excluding hydrogens is 314 g/mol. The summed E-state index contributed by atoms with van der Waals surface area (Å²) in [5, 5.41) is 4.88. The van der Waals surface area contributed by atoms with Crippen LogP contribution in [0.3, 0.4) is 0 Å². The maximum atomic E-state index is 6.07. The Morgan fingerprint density at radius 1 is 0.778 bits per heavy atom. The second-order valence-corrected chi connectivity index (χ2v) is 5.24. The molecule has 0 unspecified atom stereocenters. The van der Waals surface area contributed by atoms with Gasteiger partial charge in [-0.15, -0.1) is 0 Å². The summed E-state index contributed by atoms with van der Waals surface area (Å²) >= 11 is 23.9. The first kappa shape index (κ1) is 13.6. The summed E-state index contributed by atoms with van der Waals surface area (Å²) in [6, 6.07) is 8.38. The lowest BCUT2D eigenvalue weighted by Crippen LogP contribution is -1.94. The van der Waals surface area contributed by atoms with E-state index in [0.717, 1.165) is 5.69 Å². The first-order valence-electron chi connectivity index (χ1n) is 4.94. The first-order valence-corrected chi connectivity index (χ1v) is 6.45. The Balaban J connectivity index is 2.37. The van der Waals surface area contributed by atoms with Crippen LogP contribution in [0.1, 0.15) is 0 Å². The van der Waals surface area contributed by atoms with Gasteiger partial charge in [-0.2, -0.15) is 0 Å². The molecule has 0 bridgehead atoms. The van der Waals surface area contributed by atoms with Gasteiger partial charge < -0.3 is 11.1 Å². The van der Waals surface area contributed by atoms with Gasteiger partial charge in [0.15, 0.2) is 0 Å². The lowest BCUT2D eigenvalue weighted by Gasteiger charge is -2.11. The van der Waals surface area contributed by atoms with E-state index in [1.807, 2.05) is 0 Å². The highest BCUT2D eigenvalue weighted by molar-refractivity contribution is 6.42. The molecule has 0 radical (unpaired) electrons. The average Bonchev–Trinajstić information content (AvgIpc) is 2.28. The second kappa shape index (κ2) is 5.45. The van der Waals surface area contributed by atoms with Crippen molar-refractivity contribution < 1.29 is 0 Å². The summed E-state index contributed by atoms with van der Waals surface area (Å²) < 4.78 is 0. The lowest BCUT2D eigenvalue weighted by atomic mass is 10.2. The van der Waals surface area contributed by atoms with E-state index in [0.29, 0.717) is 31.5 Å². The maximum absolute atomic E-state index is 6.07. The summed E-state index contributed by atoms with van der Waals surface area (Å²) in [7, 11) is 0. The summed E-state index contributed by atoms with van der Waals surface area (Å²) in [6.07, 6.45) is 0. The molecule has 2 nitrogen and oxygen atoms in total. The highest BCUT2D eigenvalue weighted by Crippen LogP contribution is 2.36. The molecule has 0 heterocycles. The monoisotopic (exact) mass is 320 g/mol. The Kier molecular flexibility index (Phi) is 4.13. The smallest absolute Gasteiger partial charge is 0.0764 e. The molecule has 0 amide bonds. The molecule has 2 aromatic rings. The van der Waals surface area contributed by atoms with E-state index in [1.54, 1.807) is 30.3 Å². The zero-order valence-corrected chi connectivity index (χ0v) is 12.0. The lowest BCUT2D eigenvalue weighted by molar-refractivity contribution is 1.55. The van der Waals surface area contributed by atoms with Crippen molar-refractivity contribution in [2.45, 2.75) is 0 Å². The number of anilines is 3. The molecular formula is C12H8Cl4N2. The van der Waals surface area contributed by atoms with Crippen LogP contribution in [0.2, 0.25) is 20.1 Å². The molecule has 0 aromatic heterocycles. The third kappa shape index (κ3) is 2.96. The van der Waals surface area contributed by atoms with Crippen LogP contribution in [0.4, 0.5) is 17.1 Å². The Hall–Kier alpha value is -0.800. The topological polar surface area (TPSA) is 38.0 Å². The molecule has 0 aliphatic heterocycles. The Morgan fingerprint density at radius 3 is 1.94 bits per heavy atom. The number of nitrogens with two attached hydrogens (primary N) is 1. The van der Waals surface area contributed by atoms with Crippen LogP contribution < -0.4 is 11.1 Å². The summed E-state index contributed by atoms with van der Waals surface area (Å²) in [4.78, 5) is 0. The molecule has 0 fully saturated rings. The third-order valence-corrected chi connectivity index (χ3v) is 3.59. The summed E-state index contributed by atoms with van der Waals surface area (Å²) in [6.45, 7) is 0. The van der Waals surface area contributed by atoms with Gasteiger partial charge in [-0.1, -0.05) is 46.4 Å². The second-order valence-electron chi connectivity index (χ2n) is 3.61. The van der Waals surface area contributed by atoms with Crippen LogP contribution in [0.25, 0.3) is 0 Å². The van der Waals surface area contributed by atoms with Gasteiger partial charge >= 0.3 is 0 Å². The van der Waals surface area contributed by atoms with E-state index in [2.05, 4.69) is 5.32 Å². The highest BCUT2D eigenvalue weighted by atomic mass is 35.5. The van der Waals surface area contributed by atoms with Crippen LogP contribution in [-0.2, 0) is 0 Å². The standard InChI is InChI=1S/C12H8Cl4N2/c13-8-2-1-7(5-9(8)14)18-12-10(15)3-6(17)4-11(12)16/h1-5,18H,17H2. The predicted molar refractivity (Wildman–Crippen MR) is 80.6 cm³/mol. The van der Waals surface area contributed by atoms with E-state index < -0.39 is 0 Å². The molecule has 94 valence electrons. The van der Waals surface area contributed by atoms with Crippen molar-refractivity contribution in [1.29, 1.82) is 0 Å². The molecule has 3 N–H and O–H groups in total. The molecule has 2 rings (SSSR count). The number of hydrogen-bond acceptors (Lipinski definition) is 2. The largest absolute Gasteiger partial charge is 0.399 e. The van der Waals surface area contributed by atoms with Gasteiger partial charge in [0.2, 0.25) is 0 Å². The maximum Gasteiger partial charge on any atom is 0.0764 e. The number of halogens is 4. The SMILES string of the molecule is Nc1cc(Cl)c(Nc2ccc(Cl)c(Cl)c2)c(Cl)c1. The van der Waals surface area contributed by atoms with E-state index in [9.17, 15) is 0 Å². The Bertz CT molecular complexity index is 576. The Morgan fingerprint density at radius 2 is 1.39 bits per heavy atom. The molecule has 0 aliphatic rings. The molecule has 2 aromatic carbocycles. The minimum atomic E-state index is 0.436. The van der Waals surface area contributed by atoms with Crippen molar-refractivity contribution in [3.8, 4) is 0 Å². The average molecular weight is 322 g/mol. The number of benzene rings is 2. The van der Waals surface area contributed by atoms with Gasteiger partial charge in [0, 0.05) is 11.4 Å². The fourth-order valence-corrected chi connectivity index (χ4v) is 2.33. The van der Waals surface area contributed by atoms with Crippen LogP contribution in [0.15, 0.2) is 30.3 Å². The van der Waals surface area contributed by atoms with Gasteiger partial charge in [-0.25, -0.2) is 0 Å². The van der Waals surface area contributed by atoms with Gasteiger partial charge in [-0.05, 0) is 30.3 Å².